The molecule has 1 nitrogen and oxygen atoms in total. The molecule has 1 aromatic rings. The van der Waals surface area contributed by atoms with E-state index in [4.69, 9.17) is 5.73 Å². The van der Waals surface area contributed by atoms with Gasteiger partial charge in [-0.15, -0.1) is 0 Å². The molecular formula is C6H8BN. The second-order valence-corrected chi connectivity index (χ2v) is 1.91. The lowest BCUT2D eigenvalue weighted by Gasteiger charge is -1.90. The Hall–Kier alpha value is -0.915. The normalized spacial score (nSPS) is 9.00. The topological polar surface area (TPSA) is 26.0 Å². The van der Waals surface area contributed by atoms with Crippen LogP contribution in [0.3, 0.4) is 0 Å². The molecule has 2 heteroatoms. The highest BCUT2D eigenvalue weighted by molar-refractivity contribution is 6.32. The van der Waals surface area contributed by atoms with Gasteiger partial charge in [0.2, 0.25) is 0 Å². The lowest BCUT2D eigenvalue weighted by molar-refractivity contribution is 1.73. The van der Waals surface area contributed by atoms with Crippen molar-refractivity contribution < 1.29 is 0 Å². The Balaban J connectivity index is 3.03. The van der Waals surface area contributed by atoms with Gasteiger partial charge in [0.1, 0.15) is 7.85 Å². The molecule has 0 aliphatic heterocycles. The molecule has 0 spiro atoms. The molecular weight excluding hydrogens is 96.9 g/mol. The first-order valence-corrected chi connectivity index (χ1v) is 2.61. The SMILES string of the molecule is Bc1ccc(N)cc1. The van der Waals surface area contributed by atoms with E-state index in [0.29, 0.717) is 0 Å². The maximum Gasteiger partial charge on any atom is 0.139 e. The predicted molar refractivity (Wildman–Crippen MR) is 39.0 cm³/mol. The first-order valence-electron chi connectivity index (χ1n) is 2.61. The Morgan fingerprint density at radius 3 is 2.00 bits per heavy atom. The average Bonchev–Trinajstić information content (AvgIpc) is 1.77. The van der Waals surface area contributed by atoms with E-state index in [1.807, 2.05) is 32.1 Å². The van der Waals surface area contributed by atoms with Crippen molar-refractivity contribution in [1.82, 2.24) is 0 Å². The van der Waals surface area contributed by atoms with E-state index in [1.165, 1.54) is 5.46 Å². The molecule has 0 heterocycles. The molecule has 0 aliphatic carbocycles. The maximum atomic E-state index is 5.43. The zero-order chi connectivity index (χ0) is 5.98. The minimum Gasteiger partial charge on any atom is -0.399 e. The number of benzene rings is 1. The Morgan fingerprint density at radius 1 is 1.12 bits per heavy atom. The maximum absolute atomic E-state index is 5.43. The fraction of sp³-hybridized carbons (Fsp3) is 0. The van der Waals surface area contributed by atoms with Crippen LogP contribution < -0.4 is 11.2 Å². The number of anilines is 1. The highest BCUT2D eigenvalue weighted by Crippen LogP contribution is 1.93. The van der Waals surface area contributed by atoms with E-state index in [1.54, 1.807) is 0 Å². The van der Waals surface area contributed by atoms with Gasteiger partial charge in [-0.3, -0.25) is 0 Å². The van der Waals surface area contributed by atoms with Crippen molar-refractivity contribution in [1.29, 1.82) is 0 Å². The van der Waals surface area contributed by atoms with Gasteiger partial charge in [-0.1, -0.05) is 17.6 Å². The third-order valence-electron chi connectivity index (χ3n) is 1.08. The van der Waals surface area contributed by atoms with Gasteiger partial charge in [0, 0.05) is 5.69 Å². The first kappa shape index (κ1) is 5.23. The molecule has 0 atom stereocenters. The Labute approximate surface area is 49.9 Å². The zero-order valence-electron chi connectivity index (χ0n) is 4.89. The van der Waals surface area contributed by atoms with Crippen molar-refractivity contribution in [2.75, 3.05) is 5.73 Å². The van der Waals surface area contributed by atoms with E-state index >= 15 is 0 Å². The molecule has 0 bridgehead atoms. The van der Waals surface area contributed by atoms with Crippen molar-refractivity contribution in [3.63, 3.8) is 0 Å². The van der Waals surface area contributed by atoms with Crippen LogP contribution in [0.2, 0.25) is 0 Å². The smallest absolute Gasteiger partial charge is 0.139 e. The van der Waals surface area contributed by atoms with Gasteiger partial charge in [0.25, 0.3) is 0 Å². The van der Waals surface area contributed by atoms with Gasteiger partial charge in [0.05, 0.1) is 0 Å². The molecule has 0 saturated carbocycles. The number of hydrogen-bond donors (Lipinski definition) is 1. The molecule has 1 aromatic carbocycles. The van der Waals surface area contributed by atoms with Crippen LogP contribution in [0.15, 0.2) is 24.3 Å². The summed E-state index contributed by atoms with van der Waals surface area (Å²) in [4.78, 5) is 0. The lowest BCUT2D eigenvalue weighted by atomic mass is 9.96. The molecule has 0 aromatic heterocycles. The summed E-state index contributed by atoms with van der Waals surface area (Å²) >= 11 is 0. The number of nitrogen functional groups attached to an aromatic ring is 1. The second kappa shape index (κ2) is 1.91. The van der Waals surface area contributed by atoms with E-state index < -0.39 is 0 Å². The molecule has 0 aliphatic rings. The minimum atomic E-state index is 0.829. The molecule has 0 saturated heterocycles. The van der Waals surface area contributed by atoms with E-state index in [0.717, 1.165) is 5.69 Å². The third kappa shape index (κ3) is 1.03. The molecule has 1 rings (SSSR count). The quantitative estimate of drug-likeness (QED) is 0.350. The third-order valence-corrected chi connectivity index (χ3v) is 1.08. The molecule has 0 fully saturated rings. The summed E-state index contributed by atoms with van der Waals surface area (Å²) in [5.74, 6) is 0. The van der Waals surface area contributed by atoms with Crippen LogP contribution in [0.25, 0.3) is 0 Å². The Bertz CT molecular complexity index is 147. The van der Waals surface area contributed by atoms with Gasteiger partial charge in [-0.2, -0.15) is 0 Å². The average molecular weight is 105 g/mol. The van der Waals surface area contributed by atoms with Crippen LogP contribution in [0, 0.1) is 0 Å². The van der Waals surface area contributed by atoms with Crippen LogP contribution in [0.5, 0.6) is 0 Å². The zero-order valence-corrected chi connectivity index (χ0v) is 4.89. The van der Waals surface area contributed by atoms with E-state index in [9.17, 15) is 0 Å². The van der Waals surface area contributed by atoms with Crippen LogP contribution >= 0.6 is 0 Å². The summed E-state index contributed by atoms with van der Waals surface area (Å²) in [5, 5.41) is 0. The van der Waals surface area contributed by atoms with Crippen molar-refractivity contribution in [3.05, 3.63) is 24.3 Å². The second-order valence-electron chi connectivity index (χ2n) is 1.91. The molecule has 40 valence electrons. The summed E-state index contributed by atoms with van der Waals surface area (Å²) in [7, 11) is 2.04. The van der Waals surface area contributed by atoms with Crippen molar-refractivity contribution in [3.8, 4) is 0 Å². The molecule has 8 heavy (non-hydrogen) atoms. The summed E-state index contributed by atoms with van der Waals surface area (Å²) in [5.41, 5.74) is 7.51. The molecule has 0 amide bonds. The molecule has 0 radical (unpaired) electrons. The summed E-state index contributed by atoms with van der Waals surface area (Å²) < 4.78 is 0. The van der Waals surface area contributed by atoms with Crippen LogP contribution in [0.1, 0.15) is 0 Å². The summed E-state index contributed by atoms with van der Waals surface area (Å²) in [6.07, 6.45) is 0. The minimum absolute atomic E-state index is 0.829. The van der Waals surface area contributed by atoms with Gasteiger partial charge >= 0.3 is 0 Å². The number of nitrogens with two attached hydrogens (primary N) is 1. The Morgan fingerprint density at radius 2 is 1.62 bits per heavy atom. The van der Waals surface area contributed by atoms with Gasteiger partial charge in [0.15, 0.2) is 0 Å². The molecule has 2 N–H and O–H groups in total. The van der Waals surface area contributed by atoms with Crippen LogP contribution in [0.4, 0.5) is 5.69 Å². The van der Waals surface area contributed by atoms with Gasteiger partial charge < -0.3 is 5.73 Å². The molecule has 0 unspecified atom stereocenters. The van der Waals surface area contributed by atoms with Gasteiger partial charge in [-0.25, -0.2) is 0 Å². The number of rotatable bonds is 0. The fourth-order valence-electron chi connectivity index (χ4n) is 0.566. The van der Waals surface area contributed by atoms with E-state index in [2.05, 4.69) is 0 Å². The van der Waals surface area contributed by atoms with E-state index in [-0.39, 0.29) is 0 Å². The fourth-order valence-corrected chi connectivity index (χ4v) is 0.566. The van der Waals surface area contributed by atoms with Crippen molar-refractivity contribution in [2.24, 2.45) is 0 Å². The highest BCUT2D eigenvalue weighted by atomic mass is 14.5. The first-order chi connectivity index (χ1) is 3.79. The summed E-state index contributed by atoms with van der Waals surface area (Å²) in [6, 6.07) is 7.79. The van der Waals surface area contributed by atoms with Crippen LogP contribution in [-0.4, -0.2) is 7.85 Å². The van der Waals surface area contributed by atoms with Crippen molar-refractivity contribution in [2.45, 2.75) is 0 Å². The summed E-state index contributed by atoms with van der Waals surface area (Å²) in [6.45, 7) is 0. The Kier molecular flexibility index (Phi) is 1.25. The predicted octanol–water partition coefficient (Wildman–Crippen LogP) is -0.473. The van der Waals surface area contributed by atoms with Crippen LogP contribution in [-0.2, 0) is 0 Å². The lowest BCUT2D eigenvalue weighted by Crippen LogP contribution is -1.99. The van der Waals surface area contributed by atoms with Crippen molar-refractivity contribution >= 4 is 19.0 Å². The van der Waals surface area contributed by atoms with Gasteiger partial charge in [-0.05, 0) is 12.1 Å². The largest absolute Gasteiger partial charge is 0.399 e. The highest BCUT2D eigenvalue weighted by Gasteiger charge is 1.80. The number of hydrogen-bond acceptors (Lipinski definition) is 1. The monoisotopic (exact) mass is 105 g/mol. The standard InChI is InChI=1S/C6H8BN/c7-5-1-3-6(8)4-2-5/h1-4H,7-8H2.